The van der Waals surface area contributed by atoms with Crippen molar-refractivity contribution >= 4 is 52.8 Å². The van der Waals surface area contributed by atoms with Crippen molar-refractivity contribution in [3.05, 3.63) is 58.1 Å². The Bertz CT molecular complexity index is 966. The highest BCUT2D eigenvalue weighted by atomic mass is 35.5. The number of amides is 3. The van der Waals surface area contributed by atoms with Gasteiger partial charge in [0, 0.05) is 6.54 Å². The number of halogens is 2. The highest BCUT2D eigenvalue weighted by molar-refractivity contribution is 6.35. The lowest BCUT2D eigenvalue weighted by atomic mass is 10.2. The third-order valence-electron chi connectivity index (χ3n) is 3.86. The molecule has 31 heavy (non-hydrogen) atoms. The zero-order valence-electron chi connectivity index (χ0n) is 16.8. The van der Waals surface area contributed by atoms with Crippen LogP contribution in [0.2, 0.25) is 10.0 Å². The van der Waals surface area contributed by atoms with E-state index in [2.05, 4.69) is 21.2 Å². The number of anilines is 1. The zero-order chi connectivity index (χ0) is 22.6. The van der Waals surface area contributed by atoms with Crippen molar-refractivity contribution in [1.82, 2.24) is 10.7 Å². The number of nitrogens with one attached hydrogen (secondary N) is 3. The van der Waals surface area contributed by atoms with Crippen LogP contribution in [0.1, 0.15) is 25.3 Å². The van der Waals surface area contributed by atoms with Gasteiger partial charge in [-0.25, -0.2) is 5.43 Å². The lowest BCUT2D eigenvalue weighted by Crippen LogP contribution is -2.38. The van der Waals surface area contributed by atoms with E-state index in [0.717, 1.165) is 12.8 Å². The van der Waals surface area contributed by atoms with E-state index in [1.165, 1.54) is 6.21 Å². The quantitative estimate of drug-likeness (QED) is 0.228. The first-order chi connectivity index (χ1) is 14.9. The number of rotatable bonds is 9. The van der Waals surface area contributed by atoms with E-state index >= 15 is 0 Å². The summed E-state index contributed by atoms with van der Waals surface area (Å²) in [6.07, 6.45) is 3.03. The van der Waals surface area contributed by atoms with Crippen LogP contribution in [-0.4, -0.2) is 37.1 Å². The second-order valence-corrected chi connectivity index (χ2v) is 7.13. The molecule has 0 spiro atoms. The minimum Gasteiger partial charge on any atom is -0.482 e. The fraction of sp³-hybridized carbons (Fsp3) is 0.238. The normalized spacial score (nSPS) is 10.5. The Labute approximate surface area is 189 Å². The van der Waals surface area contributed by atoms with Gasteiger partial charge in [-0.3, -0.25) is 14.4 Å². The largest absolute Gasteiger partial charge is 0.482 e. The minimum atomic E-state index is -0.858. The Morgan fingerprint density at radius 1 is 1.06 bits per heavy atom. The van der Waals surface area contributed by atoms with Crippen LogP contribution in [-0.2, 0) is 14.4 Å². The standard InChI is InChI=1S/C21H22Cl2N4O4/c1-2-3-10-24-20(29)21(30)27-25-12-14-8-9-18(16(23)11-14)31-13-19(28)26-17-7-5-4-6-15(17)22/h4-9,11-12H,2-3,10,13H2,1H3,(H,24,29)(H,26,28)(H,27,30)/b25-12-. The molecule has 3 amide bonds. The van der Waals surface area contributed by atoms with Gasteiger partial charge in [0.2, 0.25) is 0 Å². The molecule has 0 unspecified atom stereocenters. The Morgan fingerprint density at radius 3 is 2.55 bits per heavy atom. The lowest BCUT2D eigenvalue weighted by molar-refractivity contribution is -0.139. The van der Waals surface area contributed by atoms with Gasteiger partial charge in [0.05, 0.1) is 21.9 Å². The SMILES string of the molecule is CCCCNC(=O)C(=O)N/N=C\c1ccc(OCC(=O)Nc2ccccc2Cl)c(Cl)c1. The number of nitrogens with zero attached hydrogens (tertiary/aromatic N) is 1. The molecule has 3 N–H and O–H groups in total. The average molecular weight is 465 g/mol. The molecule has 0 fully saturated rings. The maximum atomic E-state index is 12.0. The molecule has 0 radical (unpaired) electrons. The van der Waals surface area contributed by atoms with E-state index in [9.17, 15) is 14.4 Å². The molecule has 2 aromatic rings. The summed E-state index contributed by atoms with van der Waals surface area (Å²) in [5, 5.41) is 9.53. The topological polar surface area (TPSA) is 109 Å². The van der Waals surface area contributed by atoms with E-state index in [1.54, 1.807) is 42.5 Å². The van der Waals surface area contributed by atoms with Gasteiger partial charge in [-0.15, -0.1) is 0 Å². The zero-order valence-corrected chi connectivity index (χ0v) is 18.3. The van der Waals surface area contributed by atoms with Crippen LogP contribution in [0.15, 0.2) is 47.6 Å². The van der Waals surface area contributed by atoms with Crippen LogP contribution in [0.3, 0.4) is 0 Å². The third kappa shape index (κ3) is 8.27. The van der Waals surface area contributed by atoms with Gasteiger partial charge in [-0.05, 0) is 42.3 Å². The Kier molecular flexibility index (Phi) is 9.80. The van der Waals surface area contributed by atoms with Crippen LogP contribution in [0, 0.1) is 0 Å². The van der Waals surface area contributed by atoms with Crippen molar-refractivity contribution in [2.45, 2.75) is 19.8 Å². The van der Waals surface area contributed by atoms with Crippen LogP contribution >= 0.6 is 23.2 Å². The van der Waals surface area contributed by atoms with Crippen molar-refractivity contribution in [2.24, 2.45) is 5.10 Å². The van der Waals surface area contributed by atoms with Gasteiger partial charge in [-0.2, -0.15) is 5.10 Å². The number of hydrogen-bond acceptors (Lipinski definition) is 5. The maximum Gasteiger partial charge on any atom is 0.329 e. The maximum absolute atomic E-state index is 12.0. The van der Waals surface area contributed by atoms with Gasteiger partial charge in [0.1, 0.15) is 5.75 Å². The number of para-hydroxylation sites is 1. The van der Waals surface area contributed by atoms with Crippen LogP contribution in [0.25, 0.3) is 0 Å². The predicted molar refractivity (Wildman–Crippen MR) is 121 cm³/mol. The second kappa shape index (κ2) is 12.6. The molecule has 0 bridgehead atoms. The number of hydrogen-bond donors (Lipinski definition) is 3. The first kappa shape index (κ1) is 24.2. The van der Waals surface area contributed by atoms with Crippen LogP contribution < -0.4 is 20.8 Å². The summed E-state index contributed by atoms with van der Waals surface area (Å²) in [4.78, 5) is 35.2. The molecule has 0 aliphatic carbocycles. The summed E-state index contributed by atoms with van der Waals surface area (Å²) in [5.41, 5.74) is 3.18. The van der Waals surface area contributed by atoms with Gasteiger partial charge in [-0.1, -0.05) is 48.7 Å². The minimum absolute atomic E-state index is 0.248. The summed E-state index contributed by atoms with van der Waals surface area (Å²) in [6.45, 7) is 2.15. The molecule has 0 aliphatic rings. The van der Waals surface area contributed by atoms with E-state index in [1.807, 2.05) is 6.92 Å². The summed E-state index contributed by atoms with van der Waals surface area (Å²) >= 11 is 12.2. The molecule has 0 aliphatic heterocycles. The van der Waals surface area contributed by atoms with E-state index in [-0.39, 0.29) is 11.6 Å². The number of hydrazone groups is 1. The Morgan fingerprint density at radius 2 is 1.84 bits per heavy atom. The lowest BCUT2D eigenvalue weighted by Gasteiger charge is -2.10. The van der Waals surface area contributed by atoms with E-state index in [0.29, 0.717) is 28.6 Å². The molecule has 0 heterocycles. The molecule has 0 saturated carbocycles. The average Bonchev–Trinajstić information content (AvgIpc) is 2.74. The van der Waals surface area contributed by atoms with E-state index < -0.39 is 17.7 Å². The van der Waals surface area contributed by atoms with Crippen molar-refractivity contribution in [2.75, 3.05) is 18.5 Å². The summed E-state index contributed by atoms with van der Waals surface area (Å²) in [6, 6.07) is 11.6. The smallest absolute Gasteiger partial charge is 0.329 e. The van der Waals surface area contributed by atoms with Crippen molar-refractivity contribution < 1.29 is 19.1 Å². The number of unbranched alkanes of at least 4 members (excludes halogenated alkanes) is 1. The molecule has 2 rings (SSSR count). The molecular weight excluding hydrogens is 443 g/mol. The van der Waals surface area contributed by atoms with Crippen molar-refractivity contribution in [1.29, 1.82) is 0 Å². The first-order valence-electron chi connectivity index (χ1n) is 9.48. The predicted octanol–water partition coefficient (Wildman–Crippen LogP) is 3.38. The molecule has 0 aromatic heterocycles. The first-order valence-corrected chi connectivity index (χ1v) is 10.2. The molecule has 0 atom stereocenters. The monoisotopic (exact) mass is 464 g/mol. The molecule has 164 valence electrons. The fourth-order valence-corrected chi connectivity index (χ4v) is 2.71. The summed E-state index contributed by atoms with van der Waals surface area (Å²) < 4.78 is 5.43. The van der Waals surface area contributed by atoms with Gasteiger partial charge >= 0.3 is 11.8 Å². The highest BCUT2D eigenvalue weighted by Gasteiger charge is 2.11. The second-order valence-electron chi connectivity index (χ2n) is 6.32. The fourth-order valence-electron chi connectivity index (χ4n) is 2.28. The number of carbonyl (C=O) groups excluding carboxylic acids is 3. The molecule has 0 saturated heterocycles. The molecular formula is C21H22Cl2N4O4. The molecule has 10 heteroatoms. The number of benzene rings is 2. The Balaban J connectivity index is 1.83. The van der Waals surface area contributed by atoms with Gasteiger partial charge < -0.3 is 15.4 Å². The number of carbonyl (C=O) groups is 3. The van der Waals surface area contributed by atoms with Crippen LogP contribution in [0.5, 0.6) is 5.75 Å². The molecule has 2 aromatic carbocycles. The molecule has 8 nitrogen and oxygen atoms in total. The van der Waals surface area contributed by atoms with Gasteiger partial charge in [0.25, 0.3) is 5.91 Å². The van der Waals surface area contributed by atoms with Gasteiger partial charge in [0.15, 0.2) is 6.61 Å². The summed E-state index contributed by atoms with van der Waals surface area (Å²) in [7, 11) is 0. The number of ether oxygens (including phenoxy) is 1. The van der Waals surface area contributed by atoms with Crippen molar-refractivity contribution in [3.8, 4) is 5.75 Å². The Hall–Kier alpha value is -3.10. The highest BCUT2D eigenvalue weighted by Crippen LogP contribution is 2.25. The van der Waals surface area contributed by atoms with E-state index in [4.69, 9.17) is 27.9 Å². The summed E-state index contributed by atoms with van der Waals surface area (Å²) in [5.74, 6) is -1.70. The van der Waals surface area contributed by atoms with Crippen LogP contribution in [0.4, 0.5) is 5.69 Å². The van der Waals surface area contributed by atoms with Crippen molar-refractivity contribution in [3.63, 3.8) is 0 Å². The third-order valence-corrected chi connectivity index (χ3v) is 4.49.